The number of alkyl halides is 3. The molecule has 0 N–H and O–H groups in total. The molecule has 0 saturated heterocycles. The number of halogens is 3. The number of nitrogens with zero attached hydrogens (tertiary/aromatic N) is 1. The fourth-order valence-electron chi connectivity index (χ4n) is 4.23. The molecular weight excluding hydrogens is 391 g/mol. The maximum Gasteiger partial charge on any atom is 0.416 e. The molecule has 1 aliphatic heterocycles. The number of hydrogen-bond donors (Lipinski definition) is 0. The van der Waals surface area contributed by atoms with Crippen molar-refractivity contribution >= 4 is 23.2 Å². The van der Waals surface area contributed by atoms with E-state index in [9.17, 15) is 13.2 Å². The van der Waals surface area contributed by atoms with Crippen molar-refractivity contribution in [1.29, 1.82) is 0 Å². The third kappa shape index (κ3) is 3.38. The Kier molecular flexibility index (Phi) is 4.50. The molecule has 5 rings (SSSR count). The van der Waals surface area contributed by atoms with Gasteiger partial charge in [-0.1, -0.05) is 48.5 Å². The zero-order valence-electron chi connectivity index (χ0n) is 15.5. The Balaban J connectivity index is 1.63. The predicted octanol–water partition coefficient (Wildman–Crippen LogP) is 7.24. The fraction of sp³-hybridized carbons (Fsp3) is 0.208. The minimum atomic E-state index is -4.32. The molecule has 2 aliphatic rings. The van der Waals surface area contributed by atoms with Crippen molar-refractivity contribution in [3.8, 4) is 0 Å². The quantitative estimate of drug-likeness (QED) is 0.413. The fourth-order valence-corrected chi connectivity index (χ4v) is 5.62. The summed E-state index contributed by atoms with van der Waals surface area (Å²) in [6, 6.07) is 22.0. The van der Waals surface area contributed by atoms with Crippen LogP contribution >= 0.6 is 11.8 Å². The van der Waals surface area contributed by atoms with Gasteiger partial charge in [0, 0.05) is 16.1 Å². The Hall–Kier alpha value is -2.53. The van der Waals surface area contributed by atoms with Gasteiger partial charge in [0.2, 0.25) is 0 Å². The first-order valence-electron chi connectivity index (χ1n) is 9.60. The molecule has 0 saturated carbocycles. The molecule has 29 heavy (non-hydrogen) atoms. The van der Waals surface area contributed by atoms with E-state index in [1.165, 1.54) is 17.7 Å². The van der Waals surface area contributed by atoms with Gasteiger partial charge < -0.3 is 0 Å². The summed E-state index contributed by atoms with van der Waals surface area (Å²) < 4.78 is 39.1. The lowest BCUT2D eigenvalue weighted by Gasteiger charge is -2.31. The number of para-hydroxylation sites is 1. The lowest BCUT2D eigenvalue weighted by atomic mass is 9.78. The third-order valence-electron chi connectivity index (χ3n) is 5.66. The van der Waals surface area contributed by atoms with Gasteiger partial charge in [0.1, 0.15) is 0 Å². The van der Waals surface area contributed by atoms with Gasteiger partial charge in [0.25, 0.3) is 0 Å². The van der Waals surface area contributed by atoms with Crippen LogP contribution in [0.1, 0.15) is 33.9 Å². The average Bonchev–Trinajstić information content (AvgIpc) is 2.90. The first kappa shape index (κ1) is 18.5. The van der Waals surface area contributed by atoms with Gasteiger partial charge in [-0.3, -0.25) is 4.99 Å². The number of fused-ring (bicyclic) bond motifs is 4. The van der Waals surface area contributed by atoms with Crippen molar-refractivity contribution in [2.24, 2.45) is 10.9 Å². The Bertz CT molecular complexity index is 1090. The molecule has 5 heteroatoms. The maximum atomic E-state index is 13.0. The van der Waals surface area contributed by atoms with Gasteiger partial charge in [-0.25, -0.2) is 0 Å². The molecule has 3 aromatic rings. The van der Waals surface area contributed by atoms with Crippen molar-refractivity contribution in [1.82, 2.24) is 0 Å². The molecule has 1 aliphatic carbocycles. The van der Waals surface area contributed by atoms with Crippen LogP contribution in [0.2, 0.25) is 0 Å². The number of rotatable bonds is 1. The predicted molar refractivity (Wildman–Crippen MR) is 111 cm³/mol. The van der Waals surface area contributed by atoms with Crippen LogP contribution < -0.4 is 0 Å². The van der Waals surface area contributed by atoms with Crippen molar-refractivity contribution in [2.45, 2.75) is 29.2 Å². The van der Waals surface area contributed by atoms with E-state index in [-0.39, 0.29) is 11.2 Å². The van der Waals surface area contributed by atoms with Crippen molar-refractivity contribution in [3.05, 3.63) is 95.1 Å². The zero-order valence-corrected chi connectivity index (χ0v) is 16.3. The second-order valence-corrected chi connectivity index (χ2v) is 8.61. The molecule has 0 amide bonds. The van der Waals surface area contributed by atoms with E-state index < -0.39 is 11.7 Å². The molecule has 2 unspecified atom stereocenters. The minimum absolute atomic E-state index is 0.0213. The zero-order chi connectivity index (χ0) is 20.0. The summed E-state index contributed by atoms with van der Waals surface area (Å²) in [5, 5.41) is 0.0213. The topological polar surface area (TPSA) is 12.4 Å². The number of hydrogen-bond acceptors (Lipinski definition) is 2. The van der Waals surface area contributed by atoms with E-state index >= 15 is 0 Å². The van der Waals surface area contributed by atoms with Crippen molar-refractivity contribution in [2.75, 3.05) is 0 Å². The molecule has 1 nitrogen and oxygen atoms in total. The maximum absolute atomic E-state index is 13.0. The van der Waals surface area contributed by atoms with E-state index in [1.807, 2.05) is 36.4 Å². The second kappa shape index (κ2) is 7.06. The second-order valence-electron chi connectivity index (χ2n) is 7.43. The van der Waals surface area contributed by atoms with Gasteiger partial charge >= 0.3 is 6.18 Å². The monoisotopic (exact) mass is 409 g/mol. The number of thioether (sulfide) groups is 1. The lowest BCUT2D eigenvalue weighted by molar-refractivity contribution is -0.137. The van der Waals surface area contributed by atoms with E-state index in [0.29, 0.717) is 0 Å². The Morgan fingerprint density at radius 1 is 0.862 bits per heavy atom. The standard InChI is InChI=1S/C24H18F3NS/c25-24(26,27)17-12-9-16(10-13-17)23-19-14-11-15-5-1-2-6-18(15)22(19)28-20-7-3-4-8-21(20)29-23/h1-10,12-13,19,23H,11,14H2. The largest absolute Gasteiger partial charge is 0.416 e. The Morgan fingerprint density at radius 2 is 1.59 bits per heavy atom. The van der Waals surface area contributed by atoms with Crippen LogP contribution in [0.25, 0.3) is 0 Å². The Labute approximate surface area is 171 Å². The molecule has 0 spiro atoms. The first-order valence-corrected chi connectivity index (χ1v) is 10.5. The molecule has 0 radical (unpaired) electrons. The van der Waals surface area contributed by atoms with Crippen LogP contribution in [0, 0.1) is 5.92 Å². The van der Waals surface area contributed by atoms with Gasteiger partial charge in [0.15, 0.2) is 0 Å². The first-order chi connectivity index (χ1) is 14.0. The third-order valence-corrected chi connectivity index (χ3v) is 7.12. The number of aryl methyl sites for hydroxylation is 1. The van der Waals surface area contributed by atoms with Crippen molar-refractivity contribution in [3.63, 3.8) is 0 Å². The molecule has 146 valence electrons. The van der Waals surface area contributed by atoms with Crippen molar-refractivity contribution < 1.29 is 13.2 Å². The summed E-state index contributed by atoms with van der Waals surface area (Å²) in [6.45, 7) is 0. The van der Waals surface area contributed by atoms with Gasteiger partial charge in [0.05, 0.1) is 17.0 Å². The highest BCUT2D eigenvalue weighted by atomic mass is 32.2. The van der Waals surface area contributed by atoms with E-state index in [4.69, 9.17) is 4.99 Å². The normalized spacial score (nSPS) is 20.7. The smallest absolute Gasteiger partial charge is 0.251 e. The van der Waals surface area contributed by atoms with Gasteiger partial charge in [-0.2, -0.15) is 13.2 Å². The van der Waals surface area contributed by atoms with Crippen LogP contribution in [-0.4, -0.2) is 5.71 Å². The summed E-state index contributed by atoms with van der Waals surface area (Å²) in [7, 11) is 0. The molecule has 3 aromatic carbocycles. The lowest BCUT2D eigenvalue weighted by Crippen LogP contribution is -2.27. The highest BCUT2D eigenvalue weighted by molar-refractivity contribution is 7.99. The van der Waals surface area contributed by atoms with E-state index in [2.05, 4.69) is 12.1 Å². The highest BCUT2D eigenvalue weighted by Gasteiger charge is 2.36. The van der Waals surface area contributed by atoms with Crippen LogP contribution in [-0.2, 0) is 12.6 Å². The van der Waals surface area contributed by atoms with Crippen LogP contribution in [0.5, 0.6) is 0 Å². The summed E-state index contributed by atoms with van der Waals surface area (Å²) in [5.41, 5.74) is 4.74. The van der Waals surface area contributed by atoms with Gasteiger partial charge in [-0.05, 0) is 53.8 Å². The SMILES string of the molecule is FC(F)(F)c1ccc(C2Sc3ccccc3N=C3c4ccccc4CCC32)cc1. The summed E-state index contributed by atoms with van der Waals surface area (Å²) in [6.07, 6.45) is -2.44. The highest BCUT2D eigenvalue weighted by Crippen LogP contribution is 2.51. The molecule has 0 fully saturated rings. The van der Waals surface area contributed by atoms with E-state index in [0.717, 1.165) is 40.3 Å². The van der Waals surface area contributed by atoms with Crippen LogP contribution in [0.15, 0.2) is 82.7 Å². The van der Waals surface area contributed by atoms with E-state index in [1.54, 1.807) is 23.9 Å². The molecular formula is C24H18F3NS. The summed E-state index contributed by atoms with van der Waals surface area (Å²) in [4.78, 5) is 6.12. The average molecular weight is 409 g/mol. The number of benzene rings is 3. The van der Waals surface area contributed by atoms with Gasteiger partial charge in [-0.15, -0.1) is 11.8 Å². The number of aliphatic imine (C=N–C) groups is 1. The molecule has 1 heterocycles. The Morgan fingerprint density at radius 3 is 2.38 bits per heavy atom. The molecule has 0 bridgehead atoms. The van der Waals surface area contributed by atoms with Crippen LogP contribution in [0.3, 0.4) is 0 Å². The molecule has 0 aromatic heterocycles. The summed E-state index contributed by atoms with van der Waals surface area (Å²) >= 11 is 1.71. The summed E-state index contributed by atoms with van der Waals surface area (Å²) in [5.74, 6) is 0.152. The molecule has 2 atom stereocenters. The minimum Gasteiger partial charge on any atom is -0.251 e. The van der Waals surface area contributed by atoms with Crippen LogP contribution in [0.4, 0.5) is 18.9 Å².